The Hall–Kier alpha value is -2.44. The minimum Gasteiger partial charge on any atom is -0.481 e. The molecule has 0 bridgehead atoms. The number of amides is 1. The highest BCUT2D eigenvalue weighted by Crippen LogP contribution is 1.99. The zero-order valence-corrected chi connectivity index (χ0v) is 9.37. The summed E-state index contributed by atoms with van der Waals surface area (Å²) >= 11 is 0. The summed E-state index contributed by atoms with van der Waals surface area (Å²) in [5.74, 6) is -3.22. The Morgan fingerprint density at radius 3 is 2.56 bits per heavy atom. The molecule has 7 heteroatoms. The van der Waals surface area contributed by atoms with Gasteiger partial charge in [-0.3, -0.25) is 14.6 Å². The van der Waals surface area contributed by atoms with E-state index in [4.69, 9.17) is 10.2 Å². The summed E-state index contributed by atoms with van der Waals surface area (Å²) in [5.41, 5.74) is 0.620. The summed E-state index contributed by atoms with van der Waals surface area (Å²) in [7, 11) is 0. The monoisotopic (exact) mass is 252 g/mol. The SMILES string of the molecule is O=C(O)C[C@@H](NC(=O)Cc1cccnc1)C(=O)O. The van der Waals surface area contributed by atoms with Crippen LogP contribution in [-0.4, -0.2) is 39.1 Å². The topological polar surface area (TPSA) is 117 Å². The van der Waals surface area contributed by atoms with Crippen LogP contribution in [0.1, 0.15) is 12.0 Å². The van der Waals surface area contributed by atoms with Crippen molar-refractivity contribution in [2.75, 3.05) is 0 Å². The molecule has 0 aromatic carbocycles. The molecule has 7 nitrogen and oxygen atoms in total. The van der Waals surface area contributed by atoms with Gasteiger partial charge in [0.2, 0.25) is 5.91 Å². The number of aliphatic carboxylic acids is 2. The number of aromatic nitrogens is 1. The van der Waals surface area contributed by atoms with Gasteiger partial charge in [0.05, 0.1) is 12.8 Å². The molecule has 0 unspecified atom stereocenters. The fourth-order valence-electron chi connectivity index (χ4n) is 1.31. The standard InChI is InChI=1S/C11H12N2O5/c14-9(4-7-2-1-3-12-6-7)13-8(11(17)18)5-10(15)16/h1-3,6,8H,4-5H2,(H,13,14)(H,15,16)(H,17,18)/t8-/m1/s1. The van der Waals surface area contributed by atoms with E-state index in [2.05, 4.69) is 10.3 Å². The second-order valence-electron chi connectivity index (χ2n) is 3.59. The number of carbonyl (C=O) groups excluding carboxylic acids is 1. The number of hydrogen-bond acceptors (Lipinski definition) is 4. The van der Waals surface area contributed by atoms with Crippen LogP contribution in [0.5, 0.6) is 0 Å². The maximum absolute atomic E-state index is 11.5. The highest BCUT2D eigenvalue weighted by atomic mass is 16.4. The van der Waals surface area contributed by atoms with Crippen LogP contribution in [0.4, 0.5) is 0 Å². The predicted octanol–water partition coefficient (Wildman–Crippen LogP) is -0.332. The number of rotatable bonds is 6. The normalized spacial score (nSPS) is 11.6. The van der Waals surface area contributed by atoms with Crippen molar-refractivity contribution in [3.8, 4) is 0 Å². The molecule has 1 heterocycles. The van der Waals surface area contributed by atoms with E-state index in [1.54, 1.807) is 18.3 Å². The van der Waals surface area contributed by atoms with E-state index >= 15 is 0 Å². The van der Waals surface area contributed by atoms with Crippen LogP contribution in [0.25, 0.3) is 0 Å². The van der Waals surface area contributed by atoms with E-state index in [1.807, 2.05) is 0 Å². The lowest BCUT2D eigenvalue weighted by Crippen LogP contribution is -2.42. The molecule has 0 aliphatic heterocycles. The number of nitrogens with one attached hydrogen (secondary N) is 1. The van der Waals surface area contributed by atoms with Crippen molar-refractivity contribution in [3.05, 3.63) is 30.1 Å². The average Bonchev–Trinajstić information content (AvgIpc) is 2.28. The quantitative estimate of drug-likeness (QED) is 0.638. The predicted molar refractivity (Wildman–Crippen MR) is 59.8 cm³/mol. The Labute approximate surface area is 102 Å². The van der Waals surface area contributed by atoms with Gasteiger partial charge in [-0.25, -0.2) is 4.79 Å². The maximum atomic E-state index is 11.5. The fraction of sp³-hybridized carbons (Fsp3) is 0.273. The number of nitrogens with zero attached hydrogens (tertiary/aromatic N) is 1. The minimum atomic E-state index is -1.42. The number of carboxylic acids is 2. The van der Waals surface area contributed by atoms with Crippen LogP contribution in [-0.2, 0) is 20.8 Å². The smallest absolute Gasteiger partial charge is 0.326 e. The first kappa shape index (κ1) is 13.6. The molecule has 1 aromatic rings. The van der Waals surface area contributed by atoms with Gasteiger partial charge in [-0.1, -0.05) is 6.07 Å². The highest BCUT2D eigenvalue weighted by molar-refractivity contribution is 5.87. The molecule has 96 valence electrons. The Morgan fingerprint density at radius 2 is 2.06 bits per heavy atom. The second kappa shape index (κ2) is 6.33. The molecule has 0 radical (unpaired) electrons. The average molecular weight is 252 g/mol. The van der Waals surface area contributed by atoms with Crippen LogP contribution in [0.15, 0.2) is 24.5 Å². The van der Waals surface area contributed by atoms with E-state index in [1.165, 1.54) is 6.20 Å². The molecule has 18 heavy (non-hydrogen) atoms. The molecule has 1 aromatic heterocycles. The van der Waals surface area contributed by atoms with Crippen LogP contribution >= 0.6 is 0 Å². The van der Waals surface area contributed by atoms with Gasteiger partial charge >= 0.3 is 11.9 Å². The van der Waals surface area contributed by atoms with Gasteiger partial charge in [0.15, 0.2) is 0 Å². The highest BCUT2D eigenvalue weighted by Gasteiger charge is 2.22. The summed E-state index contributed by atoms with van der Waals surface area (Å²) < 4.78 is 0. The molecule has 0 spiro atoms. The van der Waals surface area contributed by atoms with Crippen molar-refractivity contribution in [3.63, 3.8) is 0 Å². The van der Waals surface area contributed by atoms with Crippen LogP contribution in [0.2, 0.25) is 0 Å². The molecule has 0 fully saturated rings. The van der Waals surface area contributed by atoms with Gasteiger partial charge in [-0.15, -0.1) is 0 Å². The second-order valence-corrected chi connectivity index (χ2v) is 3.59. The molecule has 1 amide bonds. The third-order valence-electron chi connectivity index (χ3n) is 2.10. The summed E-state index contributed by atoms with van der Waals surface area (Å²) in [6, 6.07) is 1.89. The van der Waals surface area contributed by atoms with Gasteiger partial charge in [-0.05, 0) is 11.6 Å². The van der Waals surface area contributed by atoms with Gasteiger partial charge in [-0.2, -0.15) is 0 Å². The van der Waals surface area contributed by atoms with E-state index in [0.29, 0.717) is 5.56 Å². The summed E-state index contributed by atoms with van der Waals surface area (Å²) in [6.45, 7) is 0. The summed E-state index contributed by atoms with van der Waals surface area (Å²) in [6.07, 6.45) is 2.32. The molecular weight excluding hydrogens is 240 g/mol. The lowest BCUT2D eigenvalue weighted by Gasteiger charge is -2.12. The molecule has 0 aliphatic rings. The lowest BCUT2D eigenvalue weighted by atomic mass is 10.1. The number of carboxylic acid groups (broad SMARTS) is 2. The van der Waals surface area contributed by atoms with Crippen molar-refractivity contribution >= 4 is 17.8 Å². The van der Waals surface area contributed by atoms with Crippen molar-refractivity contribution in [1.29, 1.82) is 0 Å². The Kier molecular flexibility index (Phi) is 4.79. The van der Waals surface area contributed by atoms with E-state index < -0.39 is 30.3 Å². The first-order valence-corrected chi connectivity index (χ1v) is 5.12. The van der Waals surface area contributed by atoms with E-state index in [0.717, 1.165) is 0 Å². The maximum Gasteiger partial charge on any atom is 0.326 e. The molecule has 1 atom stereocenters. The van der Waals surface area contributed by atoms with Gasteiger partial charge in [0, 0.05) is 12.4 Å². The minimum absolute atomic E-state index is 0.0444. The molecule has 3 N–H and O–H groups in total. The van der Waals surface area contributed by atoms with Crippen LogP contribution < -0.4 is 5.32 Å². The van der Waals surface area contributed by atoms with Gasteiger partial charge in [0.25, 0.3) is 0 Å². The zero-order chi connectivity index (χ0) is 13.5. The molecular formula is C11H12N2O5. The third kappa shape index (κ3) is 4.60. The number of carbonyl (C=O) groups is 3. The first-order chi connectivity index (χ1) is 8.49. The van der Waals surface area contributed by atoms with Crippen molar-refractivity contribution in [2.24, 2.45) is 0 Å². The summed E-state index contributed by atoms with van der Waals surface area (Å²) in [4.78, 5) is 36.5. The zero-order valence-electron chi connectivity index (χ0n) is 9.37. The molecule has 1 rings (SSSR count). The van der Waals surface area contributed by atoms with E-state index in [9.17, 15) is 14.4 Å². The summed E-state index contributed by atoms with van der Waals surface area (Å²) in [5, 5.41) is 19.4. The van der Waals surface area contributed by atoms with Crippen LogP contribution in [0, 0.1) is 0 Å². The molecule has 0 aliphatic carbocycles. The lowest BCUT2D eigenvalue weighted by molar-refractivity contribution is -0.147. The van der Waals surface area contributed by atoms with E-state index in [-0.39, 0.29) is 6.42 Å². The fourth-order valence-corrected chi connectivity index (χ4v) is 1.31. The molecule has 0 saturated carbocycles. The Bertz CT molecular complexity index is 446. The van der Waals surface area contributed by atoms with Gasteiger partial charge < -0.3 is 15.5 Å². The van der Waals surface area contributed by atoms with Gasteiger partial charge in [0.1, 0.15) is 6.04 Å². The first-order valence-electron chi connectivity index (χ1n) is 5.12. The van der Waals surface area contributed by atoms with Crippen molar-refractivity contribution < 1.29 is 24.6 Å². The van der Waals surface area contributed by atoms with Crippen LogP contribution in [0.3, 0.4) is 0 Å². The number of pyridine rings is 1. The third-order valence-corrected chi connectivity index (χ3v) is 2.10. The largest absolute Gasteiger partial charge is 0.481 e. The number of hydrogen-bond donors (Lipinski definition) is 3. The molecule has 0 saturated heterocycles. The van der Waals surface area contributed by atoms with Crippen molar-refractivity contribution in [2.45, 2.75) is 18.9 Å². The Morgan fingerprint density at radius 1 is 1.33 bits per heavy atom. The Balaban J connectivity index is 2.56. The van der Waals surface area contributed by atoms with Crippen molar-refractivity contribution in [1.82, 2.24) is 10.3 Å².